The number of ether oxygens (including phenoxy) is 2. The van der Waals surface area contributed by atoms with Crippen LogP contribution in [0.1, 0.15) is 57.0 Å². The third kappa shape index (κ3) is 7.84. The minimum absolute atomic E-state index is 0.0754. The average Bonchev–Trinajstić information content (AvgIpc) is 3.88. The molecule has 1 aromatic carbocycles. The Morgan fingerprint density at radius 1 is 1.15 bits per heavy atom. The fraction of sp³-hybridized carbons (Fsp3) is 0.438. The van der Waals surface area contributed by atoms with Crippen LogP contribution in [0.4, 0.5) is 10.5 Å². The van der Waals surface area contributed by atoms with E-state index in [0.29, 0.717) is 16.6 Å². The molecule has 2 aliphatic heterocycles. The van der Waals surface area contributed by atoms with E-state index in [9.17, 15) is 34.2 Å². The zero-order chi connectivity index (χ0) is 38.2. The third-order valence-corrected chi connectivity index (χ3v) is 10.8. The summed E-state index contributed by atoms with van der Waals surface area (Å²) in [6.45, 7) is 4.23. The topological polar surface area (TPSA) is 258 Å². The number of hydrogen-bond donors (Lipinski definition) is 4. The highest BCUT2D eigenvalue weighted by atomic mass is 32.2. The largest absolute Gasteiger partial charge is 0.508 e. The Kier molecular flexibility index (Phi) is 10.5. The summed E-state index contributed by atoms with van der Waals surface area (Å²) in [5.74, 6) is -2.85. The number of nitrogens with two attached hydrogens (primary N) is 1. The Hall–Kier alpha value is -5.44. The van der Waals surface area contributed by atoms with Crippen molar-refractivity contribution in [1.29, 1.82) is 0 Å². The first kappa shape index (κ1) is 37.3. The van der Waals surface area contributed by atoms with E-state index in [-0.39, 0.29) is 40.1 Å². The van der Waals surface area contributed by atoms with Gasteiger partial charge in [0.15, 0.2) is 0 Å². The number of nitrogens with one attached hydrogen (secondary N) is 1. The van der Waals surface area contributed by atoms with Gasteiger partial charge in [0.1, 0.15) is 40.4 Å². The summed E-state index contributed by atoms with van der Waals surface area (Å²) in [5.41, 5.74) is 5.31. The molecule has 0 spiro atoms. The number of rotatable bonds is 12. The van der Waals surface area contributed by atoms with Gasteiger partial charge in [-0.2, -0.15) is 4.98 Å². The molecule has 0 radical (unpaired) electrons. The molecule has 3 atom stereocenters. The fourth-order valence-electron chi connectivity index (χ4n) is 5.48. The lowest BCUT2D eigenvalue weighted by atomic mass is 9.98. The number of aromatic nitrogens is 6. The lowest BCUT2D eigenvalue weighted by Gasteiger charge is -2.50. The van der Waals surface area contributed by atoms with E-state index in [1.807, 2.05) is 0 Å². The highest BCUT2D eigenvalue weighted by Crippen LogP contribution is 2.43. The van der Waals surface area contributed by atoms with Gasteiger partial charge in [-0.05, 0) is 67.3 Å². The van der Waals surface area contributed by atoms with E-state index in [0.717, 1.165) is 17.7 Å². The number of phenolic OH excluding ortho intramolecular Hbond substituents is 1. The number of urea groups is 1. The molecule has 3 aromatic rings. The molecule has 19 nitrogen and oxygen atoms in total. The number of phenols is 1. The summed E-state index contributed by atoms with van der Waals surface area (Å²) in [6, 6.07) is 1.49. The maximum Gasteiger partial charge on any atom is 0.357 e. The summed E-state index contributed by atoms with van der Waals surface area (Å²) in [7, 11) is 1.65. The molecule has 6 rings (SSSR count). The number of esters is 2. The highest BCUT2D eigenvalue weighted by molar-refractivity contribution is 8.01. The standard InChI is InChI=1S/C32H36N10O9S2/c1-32(2,3)29(48)51-14-50-28(47)22-17(13-53-31-37-38-39-40(31)4)12-52-27-20(26(46)42(22)27)35-25(45)21(15-7-9-18(43)10-8-15)41(30(33)49)19-11-34-23(16-5-6-16)36-24(19)44/h7-11,16,20-21,27,43H,5-6,12-14H2,1-4H3,(H2,33,49)(H,35,45)(H,34,36,44)/t20?,21?,27-/m1/s1. The number of β-lactam (4-membered cyclic amide) rings is 1. The van der Waals surface area contributed by atoms with Crippen molar-refractivity contribution >= 4 is 59.0 Å². The molecular weight excluding hydrogens is 733 g/mol. The summed E-state index contributed by atoms with van der Waals surface area (Å²) in [4.78, 5) is 77.3. The number of primary amides is 1. The molecule has 53 heavy (non-hydrogen) atoms. The Morgan fingerprint density at radius 3 is 2.47 bits per heavy atom. The van der Waals surface area contributed by atoms with E-state index >= 15 is 0 Å². The van der Waals surface area contributed by atoms with Crippen LogP contribution in [0.25, 0.3) is 0 Å². The summed E-state index contributed by atoms with van der Waals surface area (Å²) < 4.78 is 11.9. The first-order valence-corrected chi connectivity index (χ1v) is 18.3. The molecule has 2 fully saturated rings. The maximum atomic E-state index is 14.2. The molecule has 4 heterocycles. The molecule has 280 valence electrons. The Morgan fingerprint density at radius 2 is 1.87 bits per heavy atom. The number of amides is 4. The van der Waals surface area contributed by atoms with Crippen LogP contribution in [0.2, 0.25) is 0 Å². The van der Waals surface area contributed by atoms with Gasteiger partial charge in [-0.1, -0.05) is 23.9 Å². The van der Waals surface area contributed by atoms with Crippen LogP contribution in [0.5, 0.6) is 11.6 Å². The van der Waals surface area contributed by atoms with Gasteiger partial charge in [0.05, 0.1) is 11.6 Å². The Bertz CT molecular complexity index is 1980. The van der Waals surface area contributed by atoms with E-state index in [1.165, 1.54) is 63.6 Å². The molecule has 4 amide bonds. The number of nitrogens with zero attached hydrogens (tertiary/aromatic N) is 8. The van der Waals surface area contributed by atoms with Crippen LogP contribution >= 0.6 is 23.5 Å². The number of anilines is 1. The van der Waals surface area contributed by atoms with Crippen molar-refractivity contribution in [3.63, 3.8) is 0 Å². The summed E-state index contributed by atoms with van der Waals surface area (Å²) in [6.07, 6.45) is 2.90. The van der Waals surface area contributed by atoms with Gasteiger partial charge in [0.2, 0.25) is 23.7 Å². The van der Waals surface area contributed by atoms with E-state index in [1.54, 1.807) is 27.8 Å². The first-order chi connectivity index (χ1) is 25.1. The molecule has 1 saturated carbocycles. The molecule has 2 aromatic heterocycles. The second kappa shape index (κ2) is 14.9. The predicted molar refractivity (Wildman–Crippen MR) is 187 cm³/mol. The van der Waals surface area contributed by atoms with Crippen LogP contribution in [0, 0.1) is 5.41 Å². The van der Waals surface area contributed by atoms with E-state index in [2.05, 4.69) is 30.8 Å². The predicted octanol–water partition coefficient (Wildman–Crippen LogP) is 1.45. The number of hydrogen-bond acceptors (Lipinski definition) is 16. The average molecular weight is 769 g/mol. The van der Waals surface area contributed by atoms with Gasteiger partial charge >= 0.3 is 18.0 Å². The van der Waals surface area contributed by atoms with Crippen molar-refractivity contribution < 1.29 is 43.7 Å². The van der Waals surface area contributed by atoms with Crippen molar-refractivity contribution in [2.24, 2.45) is 18.2 Å². The fourth-order valence-corrected chi connectivity index (χ4v) is 7.81. The minimum atomic E-state index is -1.56. The van der Waals surface area contributed by atoms with Gasteiger partial charge < -0.3 is 30.7 Å². The van der Waals surface area contributed by atoms with Crippen LogP contribution in [0.3, 0.4) is 0 Å². The normalized spacial score (nSPS) is 18.8. The summed E-state index contributed by atoms with van der Waals surface area (Å²) in [5, 5.41) is 34.5. The number of tetrazole rings is 1. The first-order valence-electron chi connectivity index (χ1n) is 16.3. The van der Waals surface area contributed by atoms with Crippen molar-refractivity contribution in [2.75, 3.05) is 23.2 Å². The van der Waals surface area contributed by atoms with Crippen molar-refractivity contribution in [3.8, 4) is 11.6 Å². The number of carbonyl (C=O) groups is 5. The van der Waals surface area contributed by atoms with E-state index in [4.69, 9.17) is 15.2 Å². The third-order valence-electron chi connectivity index (χ3n) is 8.41. The molecule has 0 bridgehead atoms. The molecule has 21 heteroatoms. The van der Waals surface area contributed by atoms with Crippen molar-refractivity contribution in [1.82, 2.24) is 40.4 Å². The van der Waals surface area contributed by atoms with Crippen molar-refractivity contribution in [2.45, 2.75) is 62.1 Å². The quantitative estimate of drug-likeness (QED) is 0.0880. The second-order valence-corrected chi connectivity index (χ2v) is 15.4. The van der Waals surface area contributed by atoms with Gasteiger partial charge in [-0.25, -0.2) is 19.3 Å². The van der Waals surface area contributed by atoms with Gasteiger partial charge in [-0.15, -0.1) is 16.9 Å². The maximum absolute atomic E-state index is 14.2. The number of carbonyl (C=O) groups excluding carboxylic acids is 5. The van der Waals surface area contributed by atoms with Crippen molar-refractivity contribution in [3.05, 3.63) is 53.1 Å². The Labute approximate surface area is 310 Å². The molecular formula is C32H36N10O9S2. The van der Waals surface area contributed by atoms with Crippen LogP contribution in [-0.2, 0) is 35.7 Å². The number of aromatic hydroxyl groups is 2. The molecule has 3 aliphatic rings. The Balaban J connectivity index is 1.26. The smallest absolute Gasteiger partial charge is 0.357 e. The molecule has 2 unspecified atom stereocenters. The lowest BCUT2D eigenvalue weighted by molar-refractivity contribution is -0.173. The molecule has 1 aliphatic carbocycles. The summed E-state index contributed by atoms with van der Waals surface area (Å²) >= 11 is 2.50. The number of thioether (sulfide) groups is 2. The number of aryl methyl sites for hydroxylation is 1. The minimum Gasteiger partial charge on any atom is -0.508 e. The molecule has 5 N–H and O–H groups in total. The van der Waals surface area contributed by atoms with Crippen LogP contribution < -0.4 is 16.0 Å². The zero-order valence-corrected chi connectivity index (χ0v) is 30.6. The highest BCUT2D eigenvalue weighted by Gasteiger charge is 2.55. The number of benzene rings is 1. The monoisotopic (exact) mass is 768 g/mol. The van der Waals surface area contributed by atoms with Gasteiger partial charge in [0.25, 0.3) is 5.91 Å². The van der Waals surface area contributed by atoms with E-state index < -0.39 is 65.3 Å². The van der Waals surface area contributed by atoms with Crippen LogP contribution in [-0.4, -0.2) is 105 Å². The van der Waals surface area contributed by atoms with Crippen LogP contribution in [0.15, 0.2) is 46.9 Å². The molecule has 1 saturated heterocycles. The van der Waals surface area contributed by atoms with Gasteiger partial charge in [-0.3, -0.25) is 24.2 Å². The second-order valence-electron chi connectivity index (χ2n) is 13.4. The SMILES string of the molecule is Cn1nnnc1SCC1=C(C(=O)OCOC(=O)C(C)(C)C)N2C(=O)C(NC(=O)C(c3ccc(O)cc3)N(C(N)=O)c3cnc(C4CC4)nc3O)[C@H]2SC1. The number of fused-ring (bicyclic) bond motifs is 1. The lowest BCUT2D eigenvalue weighted by Crippen LogP contribution is -2.71. The zero-order valence-electron chi connectivity index (χ0n) is 29.0. The van der Waals surface area contributed by atoms with Gasteiger partial charge in [0, 0.05) is 24.5 Å².